The van der Waals surface area contributed by atoms with Crippen molar-refractivity contribution in [1.29, 1.82) is 0 Å². The van der Waals surface area contributed by atoms with Crippen LogP contribution in [0.15, 0.2) is 0 Å². The molecule has 1 aliphatic heterocycles. The summed E-state index contributed by atoms with van der Waals surface area (Å²) in [5.74, 6) is 1.01. The maximum atomic E-state index is 12.6. The van der Waals surface area contributed by atoms with Gasteiger partial charge in [-0.25, -0.2) is 4.72 Å². The Balaban J connectivity index is 2.47. The molecule has 0 amide bonds. The van der Waals surface area contributed by atoms with Gasteiger partial charge in [0.05, 0.1) is 0 Å². The van der Waals surface area contributed by atoms with Gasteiger partial charge in [-0.3, -0.25) is 4.90 Å². The average molecular weight is 349 g/mol. The lowest BCUT2D eigenvalue weighted by Gasteiger charge is -2.28. The van der Waals surface area contributed by atoms with Crippen LogP contribution < -0.4 is 10.0 Å². The van der Waals surface area contributed by atoms with Crippen molar-refractivity contribution < 1.29 is 8.42 Å². The molecule has 7 heteroatoms. The topological polar surface area (TPSA) is 64.7 Å². The summed E-state index contributed by atoms with van der Waals surface area (Å²) in [7, 11) is -3.37. The number of piperazine rings is 1. The van der Waals surface area contributed by atoms with Crippen molar-refractivity contribution >= 4 is 10.2 Å². The minimum atomic E-state index is -3.37. The summed E-state index contributed by atoms with van der Waals surface area (Å²) in [6.45, 7) is 15.0. The van der Waals surface area contributed by atoms with Gasteiger partial charge in [-0.2, -0.15) is 12.7 Å². The Morgan fingerprint density at radius 1 is 1.04 bits per heavy atom. The van der Waals surface area contributed by atoms with Crippen molar-refractivity contribution in [3.63, 3.8) is 0 Å². The summed E-state index contributed by atoms with van der Waals surface area (Å²) in [5.41, 5.74) is 0. The van der Waals surface area contributed by atoms with Crippen molar-refractivity contribution in [2.24, 2.45) is 11.8 Å². The molecule has 23 heavy (non-hydrogen) atoms. The van der Waals surface area contributed by atoms with Crippen LogP contribution >= 0.6 is 0 Å². The Morgan fingerprint density at radius 2 is 1.57 bits per heavy atom. The Kier molecular flexibility index (Phi) is 9.61. The molecule has 0 aliphatic carbocycles. The molecule has 138 valence electrons. The van der Waals surface area contributed by atoms with E-state index in [4.69, 9.17) is 0 Å². The van der Waals surface area contributed by atoms with Gasteiger partial charge in [0.2, 0.25) is 0 Å². The second-order valence-electron chi connectivity index (χ2n) is 7.26. The normalized spacial score (nSPS) is 17.5. The van der Waals surface area contributed by atoms with Crippen LogP contribution in [-0.2, 0) is 10.2 Å². The molecule has 1 saturated heterocycles. The van der Waals surface area contributed by atoms with Crippen molar-refractivity contribution in [3.8, 4) is 0 Å². The molecular formula is C16H36N4O2S. The molecule has 1 rings (SSSR count). The zero-order chi connectivity index (χ0) is 17.3. The van der Waals surface area contributed by atoms with Crippen LogP contribution in [0, 0.1) is 11.8 Å². The van der Waals surface area contributed by atoms with E-state index in [0.29, 0.717) is 31.5 Å². The van der Waals surface area contributed by atoms with Crippen LogP contribution in [0.3, 0.4) is 0 Å². The predicted octanol–water partition coefficient (Wildman–Crippen LogP) is 1.12. The molecule has 0 unspecified atom stereocenters. The molecule has 2 N–H and O–H groups in total. The summed E-state index contributed by atoms with van der Waals surface area (Å²) in [6.07, 6.45) is 1.80. The largest absolute Gasteiger partial charge is 0.314 e. The highest BCUT2D eigenvalue weighted by molar-refractivity contribution is 7.87. The van der Waals surface area contributed by atoms with Gasteiger partial charge < -0.3 is 5.32 Å². The van der Waals surface area contributed by atoms with Gasteiger partial charge in [-0.1, -0.05) is 27.7 Å². The summed E-state index contributed by atoms with van der Waals surface area (Å²) in [5, 5.41) is 3.31. The first-order valence-electron chi connectivity index (χ1n) is 8.99. The Morgan fingerprint density at radius 3 is 2.04 bits per heavy atom. The van der Waals surface area contributed by atoms with Crippen molar-refractivity contribution in [3.05, 3.63) is 0 Å². The fraction of sp³-hybridized carbons (Fsp3) is 1.00. The molecule has 1 heterocycles. The van der Waals surface area contributed by atoms with Crippen LogP contribution in [0.1, 0.15) is 40.5 Å². The lowest BCUT2D eigenvalue weighted by atomic mass is 10.1. The molecule has 0 atom stereocenters. The van der Waals surface area contributed by atoms with E-state index in [1.807, 2.05) is 0 Å². The van der Waals surface area contributed by atoms with Crippen LogP contribution in [0.4, 0.5) is 0 Å². The van der Waals surface area contributed by atoms with Crippen LogP contribution in [0.25, 0.3) is 0 Å². The molecule has 0 aromatic rings. The standard InChI is InChI=1S/C16H36N4O2S/c1-15(2)5-10-20(11-6-16(3)4)23(21,22)18-9-14-19-12-7-17-8-13-19/h15-18H,5-14H2,1-4H3. The van der Waals surface area contributed by atoms with Crippen molar-refractivity contribution in [1.82, 2.24) is 19.2 Å². The second-order valence-corrected chi connectivity index (χ2v) is 9.01. The third-order valence-electron chi connectivity index (χ3n) is 4.17. The SMILES string of the molecule is CC(C)CCN(CCC(C)C)S(=O)(=O)NCCN1CCNCC1. The number of nitrogens with one attached hydrogen (secondary N) is 2. The van der Waals surface area contributed by atoms with E-state index >= 15 is 0 Å². The molecule has 0 spiro atoms. The predicted molar refractivity (Wildman–Crippen MR) is 96.7 cm³/mol. The third kappa shape index (κ3) is 9.00. The van der Waals surface area contributed by atoms with Crippen molar-refractivity contribution in [2.45, 2.75) is 40.5 Å². The monoisotopic (exact) mass is 348 g/mol. The summed E-state index contributed by atoms with van der Waals surface area (Å²) < 4.78 is 29.6. The minimum Gasteiger partial charge on any atom is -0.314 e. The molecule has 0 bridgehead atoms. The number of rotatable bonds is 11. The molecule has 0 aromatic heterocycles. The zero-order valence-electron chi connectivity index (χ0n) is 15.3. The van der Waals surface area contributed by atoms with Crippen LogP contribution in [-0.4, -0.2) is 70.0 Å². The van der Waals surface area contributed by atoms with Gasteiger partial charge in [0.15, 0.2) is 0 Å². The van der Waals surface area contributed by atoms with Gasteiger partial charge in [0, 0.05) is 52.4 Å². The van der Waals surface area contributed by atoms with E-state index in [9.17, 15) is 8.42 Å². The lowest BCUT2D eigenvalue weighted by molar-refractivity contribution is 0.244. The fourth-order valence-electron chi connectivity index (χ4n) is 2.52. The van der Waals surface area contributed by atoms with Gasteiger partial charge in [-0.15, -0.1) is 0 Å². The highest BCUT2D eigenvalue weighted by Gasteiger charge is 2.22. The number of nitrogens with zero attached hydrogens (tertiary/aromatic N) is 2. The van der Waals surface area contributed by atoms with E-state index in [1.165, 1.54) is 0 Å². The first-order valence-corrected chi connectivity index (χ1v) is 10.4. The maximum Gasteiger partial charge on any atom is 0.279 e. The minimum absolute atomic E-state index is 0.488. The van der Waals surface area contributed by atoms with Crippen LogP contribution in [0.5, 0.6) is 0 Å². The highest BCUT2D eigenvalue weighted by Crippen LogP contribution is 2.09. The molecule has 0 saturated carbocycles. The second kappa shape index (κ2) is 10.6. The summed E-state index contributed by atoms with van der Waals surface area (Å²) >= 11 is 0. The van der Waals surface area contributed by atoms with E-state index < -0.39 is 10.2 Å². The molecule has 0 radical (unpaired) electrons. The average Bonchev–Trinajstić information content (AvgIpc) is 2.47. The highest BCUT2D eigenvalue weighted by atomic mass is 32.2. The zero-order valence-corrected chi connectivity index (χ0v) is 16.2. The number of hydrogen-bond donors (Lipinski definition) is 2. The first-order chi connectivity index (χ1) is 10.8. The molecule has 0 aromatic carbocycles. The van der Waals surface area contributed by atoms with Gasteiger partial charge in [-0.05, 0) is 24.7 Å². The summed E-state index contributed by atoms with van der Waals surface area (Å²) in [4.78, 5) is 2.30. The van der Waals surface area contributed by atoms with Crippen molar-refractivity contribution in [2.75, 3.05) is 52.4 Å². The molecule has 1 aliphatic rings. The van der Waals surface area contributed by atoms with Gasteiger partial charge in [0.1, 0.15) is 0 Å². The lowest BCUT2D eigenvalue weighted by Crippen LogP contribution is -2.48. The third-order valence-corrected chi connectivity index (χ3v) is 5.79. The fourth-order valence-corrected chi connectivity index (χ4v) is 3.74. The first kappa shape index (κ1) is 20.8. The van der Waals surface area contributed by atoms with E-state index in [1.54, 1.807) is 4.31 Å². The van der Waals surface area contributed by atoms with Gasteiger partial charge in [0.25, 0.3) is 10.2 Å². The Bertz CT molecular complexity index is 394. The maximum absolute atomic E-state index is 12.6. The van der Waals surface area contributed by atoms with Crippen LogP contribution in [0.2, 0.25) is 0 Å². The van der Waals surface area contributed by atoms with E-state index in [0.717, 1.165) is 45.6 Å². The Labute approximate surface area is 143 Å². The number of hydrogen-bond acceptors (Lipinski definition) is 4. The smallest absolute Gasteiger partial charge is 0.279 e. The Hall–Kier alpha value is -0.210. The van der Waals surface area contributed by atoms with E-state index in [-0.39, 0.29) is 0 Å². The van der Waals surface area contributed by atoms with Gasteiger partial charge >= 0.3 is 0 Å². The summed E-state index contributed by atoms with van der Waals surface area (Å²) in [6, 6.07) is 0. The quantitative estimate of drug-likeness (QED) is 0.587. The molecular weight excluding hydrogens is 312 g/mol. The molecule has 6 nitrogen and oxygen atoms in total. The molecule has 1 fully saturated rings. The van der Waals surface area contributed by atoms with E-state index in [2.05, 4.69) is 42.6 Å².